The van der Waals surface area contributed by atoms with Crippen LogP contribution in [0.3, 0.4) is 0 Å². The lowest BCUT2D eigenvalue weighted by Crippen LogP contribution is -2.56. The number of carbonyl (C=O) groups is 2. The Morgan fingerprint density at radius 1 is 1.22 bits per heavy atom. The highest BCUT2D eigenvalue weighted by Gasteiger charge is 2.41. The molecule has 148 valence electrons. The largest absolute Gasteiger partial charge is 0.489 e. The zero-order valence-electron chi connectivity index (χ0n) is 14.4. The Hall–Kier alpha value is -1.77. The summed E-state index contributed by atoms with van der Waals surface area (Å²) >= 11 is 12.4. The highest BCUT2D eigenvalue weighted by molar-refractivity contribution is 6.43. The molecule has 0 saturated heterocycles. The van der Waals surface area contributed by atoms with Crippen LogP contribution in [0.2, 0.25) is 10.0 Å². The van der Waals surface area contributed by atoms with Gasteiger partial charge in [0.1, 0.15) is 28.9 Å². The molecular formula is C17H17Cl2F3N2O3. The number of aldehydes is 2. The van der Waals surface area contributed by atoms with Gasteiger partial charge in [0, 0.05) is 6.54 Å². The second-order valence-corrected chi connectivity index (χ2v) is 6.88. The van der Waals surface area contributed by atoms with Crippen molar-refractivity contribution in [1.82, 2.24) is 10.2 Å². The van der Waals surface area contributed by atoms with Gasteiger partial charge in [-0.05, 0) is 31.6 Å². The summed E-state index contributed by atoms with van der Waals surface area (Å²) in [7, 11) is 0. The first-order valence-electron chi connectivity index (χ1n) is 7.94. The molecule has 0 aliphatic carbocycles. The Balaban J connectivity index is 2.35. The van der Waals surface area contributed by atoms with Gasteiger partial charge in [0.05, 0.1) is 17.2 Å². The van der Waals surface area contributed by atoms with Crippen molar-refractivity contribution in [3.63, 3.8) is 0 Å². The second-order valence-electron chi connectivity index (χ2n) is 6.12. The molecular weight excluding hydrogens is 408 g/mol. The van der Waals surface area contributed by atoms with Crippen LogP contribution in [0.25, 0.3) is 0 Å². The van der Waals surface area contributed by atoms with Crippen LogP contribution in [-0.4, -0.2) is 42.0 Å². The fraction of sp³-hybridized carbons (Fsp3) is 0.412. The van der Waals surface area contributed by atoms with Gasteiger partial charge in [-0.2, -0.15) is 13.2 Å². The van der Waals surface area contributed by atoms with Gasteiger partial charge in [0.15, 0.2) is 6.29 Å². The molecule has 0 saturated carbocycles. The van der Waals surface area contributed by atoms with Gasteiger partial charge < -0.3 is 14.8 Å². The van der Waals surface area contributed by atoms with Crippen LogP contribution in [-0.2, 0) is 16.1 Å². The maximum atomic E-state index is 12.9. The number of carbonyl (C=O) groups excluding carboxylic acids is 2. The number of benzene rings is 1. The SMILES string of the molecule is CC(C)Oc1ccc(CN2C(C=O)C=C(C(F)(F)F)NC2C=O)c(Cl)c1Cl. The summed E-state index contributed by atoms with van der Waals surface area (Å²) < 4.78 is 44.4. The van der Waals surface area contributed by atoms with E-state index in [-0.39, 0.29) is 22.7 Å². The first-order valence-corrected chi connectivity index (χ1v) is 8.69. The van der Waals surface area contributed by atoms with Gasteiger partial charge in [0.25, 0.3) is 0 Å². The smallest absolute Gasteiger partial charge is 0.430 e. The molecule has 2 unspecified atom stereocenters. The fourth-order valence-corrected chi connectivity index (χ4v) is 3.03. The Bertz CT molecular complexity index is 754. The zero-order chi connectivity index (χ0) is 20.4. The second kappa shape index (κ2) is 8.50. The quantitative estimate of drug-likeness (QED) is 0.705. The molecule has 1 heterocycles. The van der Waals surface area contributed by atoms with Gasteiger partial charge in [-0.3, -0.25) is 9.69 Å². The monoisotopic (exact) mass is 424 g/mol. The number of hydrogen-bond acceptors (Lipinski definition) is 5. The third kappa shape index (κ3) is 4.94. The molecule has 1 N–H and O–H groups in total. The first kappa shape index (κ1) is 21.5. The molecule has 0 radical (unpaired) electrons. The van der Waals surface area contributed by atoms with Gasteiger partial charge in [-0.15, -0.1) is 0 Å². The number of ether oxygens (including phenoxy) is 1. The molecule has 0 aromatic heterocycles. The van der Waals surface area contributed by atoms with Crippen molar-refractivity contribution in [2.24, 2.45) is 0 Å². The molecule has 2 rings (SSSR count). The lowest BCUT2D eigenvalue weighted by atomic mass is 10.1. The van der Waals surface area contributed by atoms with E-state index < -0.39 is 24.1 Å². The molecule has 1 aliphatic rings. The van der Waals surface area contributed by atoms with Crippen LogP contribution >= 0.6 is 23.2 Å². The van der Waals surface area contributed by atoms with E-state index in [0.29, 0.717) is 23.9 Å². The summed E-state index contributed by atoms with van der Waals surface area (Å²) in [5.74, 6) is 0.357. The molecule has 0 bridgehead atoms. The summed E-state index contributed by atoms with van der Waals surface area (Å²) in [6.45, 7) is 3.54. The van der Waals surface area contributed by atoms with E-state index in [0.717, 1.165) is 6.08 Å². The van der Waals surface area contributed by atoms with Gasteiger partial charge in [0.2, 0.25) is 0 Å². The van der Waals surface area contributed by atoms with Crippen molar-refractivity contribution in [2.75, 3.05) is 0 Å². The number of alkyl halides is 3. The van der Waals surface area contributed by atoms with E-state index >= 15 is 0 Å². The normalized spacial score (nSPS) is 20.8. The van der Waals surface area contributed by atoms with Crippen molar-refractivity contribution in [3.05, 3.63) is 39.5 Å². The molecule has 10 heteroatoms. The summed E-state index contributed by atoms with van der Waals surface area (Å²) in [5.41, 5.74) is -0.708. The zero-order valence-corrected chi connectivity index (χ0v) is 15.9. The third-order valence-corrected chi connectivity index (χ3v) is 4.70. The molecule has 0 spiro atoms. The van der Waals surface area contributed by atoms with E-state index in [2.05, 4.69) is 5.32 Å². The third-order valence-electron chi connectivity index (χ3n) is 3.80. The highest BCUT2D eigenvalue weighted by Crippen LogP contribution is 2.36. The predicted octanol–water partition coefficient (Wildman–Crippen LogP) is 3.72. The molecule has 0 amide bonds. The van der Waals surface area contributed by atoms with Crippen LogP contribution < -0.4 is 10.1 Å². The van der Waals surface area contributed by atoms with Crippen molar-refractivity contribution in [1.29, 1.82) is 0 Å². The molecule has 27 heavy (non-hydrogen) atoms. The van der Waals surface area contributed by atoms with Crippen molar-refractivity contribution in [2.45, 2.75) is 44.9 Å². The van der Waals surface area contributed by atoms with Gasteiger partial charge >= 0.3 is 6.18 Å². The average molecular weight is 425 g/mol. The summed E-state index contributed by atoms with van der Waals surface area (Å²) in [6.07, 6.45) is -4.86. The first-order chi connectivity index (χ1) is 12.6. The predicted molar refractivity (Wildman–Crippen MR) is 94.7 cm³/mol. The number of nitrogens with zero attached hydrogens (tertiary/aromatic N) is 1. The molecule has 1 aromatic rings. The topological polar surface area (TPSA) is 58.6 Å². The van der Waals surface area contributed by atoms with E-state index in [9.17, 15) is 22.8 Å². The standard InChI is InChI=1S/C17H17Cl2F3N2O3/c1-9(2)27-12-4-3-10(15(18)16(12)19)6-24-11(7-25)5-13(17(20,21)22)23-14(24)8-26/h3-5,7-9,11,14,23H,6H2,1-2H3. The number of halogens is 5. The van der Waals surface area contributed by atoms with Crippen molar-refractivity contribution >= 4 is 35.8 Å². The minimum atomic E-state index is -4.70. The van der Waals surface area contributed by atoms with Gasteiger partial charge in [-0.1, -0.05) is 29.3 Å². The Kier molecular flexibility index (Phi) is 6.77. The van der Waals surface area contributed by atoms with Crippen LogP contribution in [0.4, 0.5) is 13.2 Å². The van der Waals surface area contributed by atoms with Crippen molar-refractivity contribution < 1.29 is 27.5 Å². The van der Waals surface area contributed by atoms with E-state index in [1.165, 1.54) is 4.90 Å². The maximum Gasteiger partial charge on any atom is 0.430 e. The Labute approximate surface area is 164 Å². The molecule has 0 fully saturated rings. The van der Waals surface area contributed by atoms with E-state index in [1.54, 1.807) is 12.1 Å². The Morgan fingerprint density at radius 2 is 1.89 bits per heavy atom. The fourth-order valence-electron chi connectivity index (χ4n) is 2.59. The molecule has 1 aromatic carbocycles. The molecule has 1 aliphatic heterocycles. The van der Waals surface area contributed by atoms with Crippen LogP contribution in [0.5, 0.6) is 5.75 Å². The van der Waals surface area contributed by atoms with Gasteiger partial charge in [-0.25, -0.2) is 0 Å². The van der Waals surface area contributed by atoms with Crippen LogP contribution in [0.15, 0.2) is 23.9 Å². The number of hydrogen-bond donors (Lipinski definition) is 1. The Morgan fingerprint density at radius 3 is 2.41 bits per heavy atom. The maximum absolute atomic E-state index is 12.9. The minimum Gasteiger partial charge on any atom is -0.489 e. The summed E-state index contributed by atoms with van der Waals surface area (Å²) in [5, 5.41) is 2.36. The lowest BCUT2D eigenvalue weighted by Gasteiger charge is -2.37. The highest BCUT2D eigenvalue weighted by atomic mass is 35.5. The summed E-state index contributed by atoms with van der Waals surface area (Å²) in [6, 6.07) is 1.89. The van der Waals surface area contributed by atoms with Crippen molar-refractivity contribution in [3.8, 4) is 5.75 Å². The summed E-state index contributed by atoms with van der Waals surface area (Å²) in [4.78, 5) is 23.9. The van der Waals surface area contributed by atoms with Crippen LogP contribution in [0, 0.1) is 0 Å². The van der Waals surface area contributed by atoms with E-state index in [1.807, 2.05) is 13.8 Å². The van der Waals surface area contributed by atoms with E-state index in [4.69, 9.17) is 27.9 Å². The molecule has 5 nitrogen and oxygen atoms in total. The minimum absolute atomic E-state index is 0.0814. The average Bonchev–Trinajstić information content (AvgIpc) is 2.59. The van der Waals surface area contributed by atoms with Crippen LogP contribution in [0.1, 0.15) is 19.4 Å². The number of allylic oxidation sites excluding steroid dienone is 1. The molecule has 2 atom stereocenters. The number of nitrogens with one attached hydrogen (secondary N) is 1. The lowest BCUT2D eigenvalue weighted by molar-refractivity contribution is -0.123. The number of rotatable bonds is 6.